The topological polar surface area (TPSA) is 118 Å². The zero-order chi connectivity index (χ0) is 23.7. The predicted molar refractivity (Wildman–Crippen MR) is 118 cm³/mol. The molecular formula is C21H45NO10. The highest BCUT2D eigenvalue weighted by molar-refractivity contribution is 4.65. The van der Waals surface area contributed by atoms with E-state index >= 15 is 0 Å². The van der Waals surface area contributed by atoms with Crippen molar-refractivity contribution in [3.63, 3.8) is 0 Å². The van der Waals surface area contributed by atoms with Gasteiger partial charge in [0.05, 0.1) is 98.5 Å². The highest BCUT2D eigenvalue weighted by atomic mass is 16.6. The lowest BCUT2D eigenvalue weighted by Crippen LogP contribution is -2.39. The van der Waals surface area contributed by atoms with Gasteiger partial charge in [0.2, 0.25) is 0 Å². The highest BCUT2D eigenvalue weighted by Gasteiger charge is 2.16. The highest BCUT2D eigenvalue weighted by Crippen LogP contribution is 2.01. The lowest BCUT2D eigenvalue weighted by molar-refractivity contribution is -0.0918. The van der Waals surface area contributed by atoms with Crippen LogP contribution in [-0.4, -0.2) is 139 Å². The molecule has 0 bridgehead atoms. The van der Waals surface area contributed by atoms with Crippen LogP contribution in [0.1, 0.15) is 0 Å². The third kappa shape index (κ3) is 21.4. The van der Waals surface area contributed by atoms with Crippen molar-refractivity contribution in [2.24, 2.45) is 5.73 Å². The molecule has 11 heteroatoms. The predicted octanol–water partition coefficient (Wildman–Crippen LogP) is -0.264. The Labute approximate surface area is 193 Å². The molecule has 32 heavy (non-hydrogen) atoms. The number of rotatable bonds is 26. The van der Waals surface area contributed by atoms with Crippen molar-refractivity contribution in [2.45, 2.75) is 18.2 Å². The van der Waals surface area contributed by atoms with Crippen LogP contribution >= 0.6 is 0 Å². The molecule has 0 heterocycles. The lowest BCUT2D eigenvalue weighted by atomic mass is 10.3. The van der Waals surface area contributed by atoms with Gasteiger partial charge in [-0.1, -0.05) is 0 Å². The molecule has 0 aromatic heterocycles. The van der Waals surface area contributed by atoms with Gasteiger partial charge in [-0.25, -0.2) is 0 Å². The lowest BCUT2D eigenvalue weighted by Gasteiger charge is -2.23. The van der Waals surface area contributed by atoms with Gasteiger partial charge in [0.1, 0.15) is 12.2 Å². The standard InChI is InChI=1S/C21H45NO10/c1-23-5-9-27-15-20(16-28-10-6-24-2)31-13-19(22)14-32-21(17-29-11-7-25-3)18-30-12-8-26-4/h19-21H,5-18,22H2,1-4H3. The minimum Gasteiger partial charge on any atom is -0.382 e. The second-order valence-electron chi connectivity index (χ2n) is 6.94. The fourth-order valence-corrected chi connectivity index (χ4v) is 2.28. The Morgan fingerprint density at radius 3 is 0.969 bits per heavy atom. The van der Waals surface area contributed by atoms with Crippen LogP contribution in [-0.2, 0) is 47.4 Å². The maximum atomic E-state index is 6.18. The summed E-state index contributed by atoms with van der Waals surface area (Å²) in [7, 11) is 6.51. The summed E-state index contributed by atoms with van der Waals surface area (Å²) in [4.78, 5) is 0. The zero-order valence-electron chi connectivity index (χ0n) is 20.3. The molecule has 0 aliphatic rings. The Morgan fingerprint density at radius 1 is 0.438 bits per heavy atom. The minimum absolute atomic E-state index is 0.250. The summed E-state index contributed by atoms with van der Waals surface area (Å²) >= 11 is 0. The second-order valence-corrected chi connectivity index (χ2v) is 6.94. The Balaban J connectivity index is 4.31. The quantitative estimate of drug-likeness (QED) is 0.168. The van der Waals surface area contributed by atoms with E-state index in [4.69, 9.17) is 53.1 Å². The summed E-state index contributed by atoms with van der Waals surface area (Å²) in [5, 5.41) is 0. The third-order valence-corrected chi connectivity index (χ3v) is 4.03. The van der Waals surface area contributed by atoms with E-state index in [2.05, 4.69) is 0 Å². The van der Waals surface area contributed by atoms with Crippen molar-refractivity contribution in [2.75, 3.05) is 121 Å². The average molecular weight is 472 g/mol. The van der Waals surface area contributed by atoms with E-state index in [9.17, 15) is 0 Å². The van der Waals surface area contributed by atoms with Gasteiger partial charge in [-0.05, 0) is 0 Å². The number of ether oxygens (including phenoxy) is 10. The maximum Gasteiger partial charge on any atom is 0.104 e. The molecule has 0 unspecified atom stereocenters. The first-order chi connectivity index (χ1) is 15.7. The molecule has 194 valence electrons. The van der Waals surface area contributed by atoms with Gasteiger partial charge < -0.3 is 53.1 Å². The smallest absolute Gasteiger partial charge is 0.104 e. The SMILES string of the molecule is COCCOCC(COCCOC)OCC(N)COC(COCCOC)COCCOC. The second kappa shape index (κ2) is 25.2. The summed E-state index contributed by atoms with van der Waals surface area (Å²) in [5.74, 6) is 0. The Bertz CT molecular complexity index is 311. The van der Waals surface area contributed by atoms with Crippen molar-refractivity contribution < 1.29 is 47.4 Å². The number of hydrogen-bond acceptors (Lipinski definition) is 11. The largest absolute Gasteiger partial charge is 0.382 e. The molecule has 0 spiro atoms. The summed E-state index contributed by atoms with van der Waals surface area (Å²) < 4.78 is 54.0. The minimum atomic E-state index is -0.323. The zero-order valence-corrected chi connectivity index (χ0v) is 20.3. The van der Waals surface area contributed by atoms with Gasteiger partial charge in [0, 0.05) is 28.4 Å². The number of methoxy groups -OCH3 is 4. The van der Waals surface area contributed by atoms with E-state index in [0.29, 0.717) is 92.5 Å². The molecule has 0 amide bonds. The van der Waals surface area contributed by atoms with Crippen molar-refractivity contribution in [3.05, 3.63) is 0 Å². The molecule has 2 N–H and O–H groups in total. The van der Waals surface area contributed by atoms with Crippen LogP contribution in [0.25, 0.3) is 0 Å². The van der Waals surface area contributed by atoms with Gasteiger partial charge in [0.25, 0.3) is 0 Å². The van der Waals surface area contributed by atoms with Crippen LogP contribution in [0.15, 0.2) is 0 Å². The summed E-state index contributed by atoms with van der Waals surface area (Å²) in [6.45, 7) is 6.14. The summed E-state index contributed by atoms with van der Waals surface area (Å²) in [6, 6.07) is -0.323. The molecule has 0 atom stereocenters. The van der Waals surface area contributed by atoms with Gasteiger partial charge >= 0.3 is 0 Å². The van der Waals surface area contributed by atoms with Crippen molar-refractivity contribution in [1.29, 1.82) is 0 Å². The molecule has 0 aromatic carbocycles. The molecular weight excluding hydrogens is 426 g/mol. The van der Waals surface area contributed by atoms with Crippen LogP contribution < -0.4 is 5.73 Å². The third-order valence-electron chi connectivity index (χ3n) is 4.03. The molecule has 0 saturated heterocycles. The van der Waals surface area contributed by atoms with Crippen molar-refractivity contribution >= 4 is 0 Å². The van der Waals surface area contributed by atoms with E-state index < -0.39 is 0 Å². The molecule has 0 rings (SSSR count). The first kappa shape index (κ1) is 31.6. The summed E-state index contributed by atoms with van der Waals surface area (Å²) in [6.07, 6.45) is -0.499. The molecule has 0 saturated carbocycles. The summed E-state index contributed by atoms with van der Waals surface area (Å²) in [5.41, 5.74) is 6.18. The van der Waals surface area contributed by atoms with E-state index in [1.165, 1.54) is 0 Å². The first-order valence-electron chi connectivity index (χ1n) is 10.9. The van der Waals surface area contributed by atoms with Gasteiger partial charge in [0.15, 0.2) is 0 Å². The van der Waals surface area contributed by atoms with Crippen LogP contribution in [0.2, 0.25) is 0 Å². The van der Waals surface area contributed by atoms with Crippen LogP contribution in [0.5, 0.6) is 0 Å². The molecule has 0 fully saturated rings. The van der Waals surface area contributed by atoms with Crippen LogP contribution in [0.3, 0.4) is 0 Å². The van der Waals surface area contributed by atoms with Gasteiger partial charge in [-0.3, -0.25) is 0 Å². The number of hydrogen-bond donors (Lipinski definition) is 1. The fraction of sp³-hybridized carbons (Fsp3) is 1.00. The van der Waals surface area contributed by atoms with Crippen molar-refractivity contribution in [3.8, 4) is 0 Å². The first-order valence-corrected chi connectivity index (χ1v) is 10.9. The molecule has 0 aliphatic carbocycles. The number of nitrogens with two attached hydrogens (primary N) is 1. The van der Waals surface area contributed by atoms with E-state index in [0.717, 1.165) is 0 Å². The normalized spacial score (nSPS) is 12.0. The van der Waals surface area contributed by atoms with Gasteiger partial charge in [-0.2, -0.15) is 0 Å². The van der Waals surface area contributed by atoms with Crippen molar-refractivity contribution in [1.82, 2.24) is 0 Å². The Kier molecular flexibility index (Phi) is 24.8. The van der Waals surface area contributed by atoms with Gasteiger partial charge in [-0.15, -0.1) is 0 Å². The molecule has 0 aromatic rings. The monoisotopic (exact) mass is 471 g/mol. The molecule has 11 nitrogen and oxygen atoms in total. The maximum absolute atomic E-state index is 6.18. The molecule has 0 aliphatic heterocycles. The molecule has 0 radical (unpaired) electrons. The van der Waals surface area contributed by atoms with Crippen LogP contribution in [0.4, 0.5) is 0 Å². The van der Waals surface area contributed by atoms with E-state index in [1.54, 1.807) is 28.4 Å². The Hall–Kier alpha value is -0.440. The fourth-order valence-electron chi connectivity index (χ4n) is 2.28. The average Bonchev–Trinajstić information content (AvgIpc) is 2.80. The van der Waals surface area contributed by atoms with E-state index in [-0.39, 0.29) is 18.2 Å². The van der Waals surface area contributed by atoms with E-state index in [1.807, 2.05) is 0 Å². The van der Waals surface area contributed by atoms with Crippen LogP contribution in [0, 0.1) is 0 Å². The Morgan fingerprint density at radius 2 is 0.719 bits per heavy atom.